The predicted octanol–water partition coefficient (Wildman–Crippen LogP) is 15.2. The van der Waals surface area contributed by atoms with Crippen molar-refractivity contribution >= 4 is 55.6 Å². The molecule has 0 aliphatic heterocycles. The summed E-state index contributed by atoms with van der Waals surface area (Å²) in [5.74, 6) is 0.156. The van der Waals surface area contributed by atoms with E-state index in [-0.39, 0.29) is 19.0 Å². The van der Waals surface area contributed by atoms with Crippen LogP contribution in [0.3, 0.4) is 0 Å². The molecule has 0 bridgehead atoms. The predicted molar refractivity (Wildman–Crippen MR) is 311 cm³/mol. The molecule has 0 radical (unpaired) electrons. The Morgan fingerprint density at radius 2 is 0.825 bits per heavy atom. The zero-order chi connectivity index (χ0) is 54.1. The highest BCUT2D eigenvalue weighted by atomic mass is 16.5. The summed E-state index contributed by atoms with van der Waals surface area (Å²) in [6.07, 6.45) is 0. The lowest BCUT2D eigenvalue weighted by molar-refractivity contribution is 0.0464. The number of hydrogen-bond donors (Lipinski definition) is 0. The molecule has 378 valence electrons. The van der Waals surface area contributed by atoms with E-state index in [0.717, 1.165) is 71.7 Å². The molecule has 0 aliphatic carbocycles. The van der Waals surface area contributed by atoms with Gasteiger partial charge in [0.15, 0.2) is 17.5 Å². The maximum Gasteiger partial charge on any atom is 0.338 e. The van der Waals surface area contributed by atoms with Crippen LogP contribution in [0.15, 0.2) is 237 Å². The second-order valence-electron chi connectivity index (χ2n) is 19.2. The third-order valence-corrected chi connectivity index (χ3v) is 14.4. The number of carbonyl (C=O) groups is 2. The number of nitrogens with zero attached hydrogens (tertiary/aromatic N) is 7. The number of benzene rings is 10. The summed E-state index contributed by atoms with van der Waals surface area (Å²) >= 11 is 0. The van der Waals surface area contributed by atoms with Gasteiger partial charge in [-0.05, 0) is 108 Å². The number of esters is 2. The number of para-hydroxylation sites is 2. The van der Waals surface area contributed by atoms with Crippen LogP contribution in [0.2, 0.25) is 0 Å². The molecule has 0 spiro atoms. The minimum absolute atomic E-state index is 0.157. The second-order valence-corrected chi connectivity index (χ2v) is 19.2. The van der Waals surface area contributed by atoms with Crippen LogP contribution in [0, 0.1) is 22.7 Å². The van der Waals surface area contributed by atoms with Gasteiger partial charge in [0.2, 0.25) is 0 Å². The standard InChI is InChI=1S/C69H43N7O4/c70-40-49-22-10-11-23-53(49)58-39-52(76-62-27-15-13-25-56(62)60-38-48(29-35-64(60)76)69(78)80-43-45-18-6-2-7-19-45)31-33-57(58)67-73-65(46-20-8-3-9-21-46)72-66(74-67)54-32-30-51(36-50(54)41-71)75-61-26-14-12-24-55(61)59-37-47(28-34-63(59)75)68(77)79-42-44-16-4-1-5-17-44/h1-39H,42-43H2. The van der Waals surface area contributed by atoms with Crippen molar-refractivity contribution in [3.8, 4) is 68.8 Å². The molecule has 0 saturated carbocycles. The zero-order valence-electron chi connectivity index (χ0n) is 42.7. The molecule has 0 aliphatic rings. The van der Waals surface area contributed by atoms with E-state index >= 15 is 0 Å². The van der Waals surface area contributed by atoms with Gasteiger partial charge in [-0.15, -0.1) is 0 Å². The summed E-state index contributed by atoms with van der Waals surface area (Å²) in [6, 6.07) is 79.9. The number of aromatic nitrogens is 5. The quantitative estimate of drug-likeness (QED) is 0.109. The van der Waals surface area contributed by atoms with E-state index < -0.39 is 11.9 Å². The smallest absolute Gasteiger partial charge is 0.338 e. The highest BCUT2D eigenvalue weighted by Crippen LogP contribution is 2.40. The van der Waals surface area contributed by atoms with E-state index in [9.17, 15) is 20.1 Å². The second kappa shape index (κ2) is 20.7. The van der Waals surface area contributed by atoms with Gasteiger partial charge in [0.05, 0.1) is 56.5 Å². The number of ether oxygens (including phenoxy) is 2. The molecule has 11 heteroatoms. The van der Waals surface area contributed by atoms with E-state index in [1.54, 1.807) is 18.2 Å². The summed E-state index contributed by atoms with van der Waals surface area (Å²) in [5, 5.41) is 25.2. The Hall–Kier alpha value is -11.3. The molecule has 3 heterocycles. The molecule has 0 N–H and O–H groups in total. The monoisotopic (exact) mass is 1030 g/mol. The van der Waals surface area contributed by atoms with Crippen LogP contribution >= 0.6 is 0 Å². The van der Waals surface area contributed by atoms with Gasteiger partial charge in [0.25, 0.3) is 0 Å². The third kappa shape index (κ3) is 8.92. The van der Waals surface area contributed by atoms with Crippen molar-refractivity contribution in [1.29, 1.82) is 10.5 Å². The van der Waals surface area contributed by atoms with Gasteiger partial charge in [-0.25, -0.2) is 24.5 Å². The SMILES string of the molecule is N#Cc1cc(-n2c3ccccc3c3cc(C(=O)OCc4ccccc4)ccc32)ccc1-c1nc(-c2ccccc2)nc(-c2ccc(-n3c4ccccc4c4cc(C(=O)OCc5ccccc5)ccc43)cc2-c2ccccc2C#N)n1. The molecule has 11 nitrogen and oxygen atoms in total. The molecule has 13 rings (SSSR count). The molecule has 0 unspecified atom stereocenters. The van der Waals surface area contributed by atoms with Crippen LogP contribution in [0.5, 0.6) is 0 Å². The third-order valence-electron chi connectivity index (χ3n) is 14.4. The van der Waals surface area contributed by atoms with Crippen molar-refractivity contribution in [3.05, 3.63) is 270 Å². The first-order chi connectivity index (χ1) is 39.4. The highest BCUT2D eigenvalue weighted by Gasteiger charge is 2.23. The Morgan fingerprint density at radius 1 is 0.375 bits per heavy atom. The van der Waals surface area contributed by atoms with Gasteiger partial charge in [-0.2, -0.15) is 10.5 Å². The molecule has 0 saturated heterocycles. The van der Waals surface area contributed by atoms with E-state index in [2.05, 4.69) is 21.3 Å². The van der Waals surface area contributed by atoms with Gasteiger partial charge in [0, 0.05) is 55.2 Å². The summed E-state index contributed by atoms with van der Waals surface area (Å²) in [6.45, 7) is 0.314. The van der Waals surface area contributed by atoms with Crippen molar-refractivity contribution in [2.45, 2.75) is 13.2 Å². The van der Waals surface area contributed by atoms with Crippen LogP contribution in [-0.2, 0) is 22.7 Å². The largest absolute Gasteiger partial charge is 0.457 e. The summed E-state index contributed by atoms with van der Waals surface area (Å²) in [7, 11) is 0. The highest BCUT2D eigenvalue weighted by molar-refractivity contribution is 6.12. The Balaban J connectivity index is 0.925. The fourth-order valence-electron chi connectivity index (χ4n) is 10.6. The molecular formula is C69H43N7O4. The fraction of sp³-hybridized carbons (Fsp3) is 0.0290. The topological polar surface area (TPSA) is 149 Å². The van der Waals surface area contributed by atoms with E-state index in [0.29, 0.717) is 56.2 Å². The van der Waals surface area contributed by atoms with Crippen molar-refractivity contribution in [3.63, 3.8) is 0 Å². The fourth-order valence-corrected chi connectivity index (χ4v) is 10.6. The van der Waals surface area contributed by atoms with Crippen LogP contribution in [0.4, 0.5) is 0 Å². The van der Waals surface area contributed by atoms with Crippen molar-refractivity contribution in [2.24, 2.45) is 0 Å². The van der Waals surface area contributed by atoms with E-state index in [1.165, 1.54) is 0 Å². The van der Waals surface area contributed by atoms with Gasteiger partial charge in [0.1, 0.15) is 13.2 Å². The molecule has 13 aromatic rings. The lowest BCUT2D eigenvalue weighted by Gasteiger charge is -2.16. The number of fused-ring (bicyclic) bond motifs is 6. The van der Waals surface area contributed by atoms with Crippen molar-refractivity contribution in [1.82, 2.24) is 24.1 Å². The maximum atomic E-state index is 13.5. The molecule has 10 aromatic carbocycles. The average Bonchev–Trinajstić information content (AvgIpc) is 4.09. The molecule has 0 amide bonds. The maximum absolute atomic E-state index is 13.5. The minimum Gasteiger partial charge on any atom is -0.457 e. The van der Waals surface area contributed by atoms with Crippen LogP contribution in [-0.4, -0.2) is 36.0 Å². The first kappa shape index (κ1) is 48.4. The summed E-state index contributed by atoms with van der Waals surface area (Å²) in [4.78, 5) is 42.3. The molecule has 3 aromatic heterocycles. The number of rotatable bonds is 12. The number of carbonyl (C=O) groups excluding carboxylic acids is 2. The Labute approximate surface area is 459 Å². The van der Waals surface area contributed by atoms with Gasteiger partial charge in [-0.1, -0.05) is 146 Å². The van der Waals surface area contributed by atoms with Crippen LogP contribution in [0.25, 0.3) is 100 Å². The summed E-state index contributed by atoms with van der Waals surface area (Å²) in [5.41, 5.74) is 11.7. The summed E-state index contributed by atoms with van der Waals surface area (Å²) < 4.78 is 15.7. The normalized spacial score (nSPS) is 11.2. The van der Waals surface area contributed by atoms with Gasteiger partial charge >= 0.3 is 11.9 Å². The number of hydrogen-bond acceptors (Lipinski definition) is 9. The van der Waals surface area contributed by atoms with Gasteiger partial charge in [-0.3, -0.25) is 0 Å². The van der Waals surface area contributed by atoms with Crippen LogP contribution < -0.4 is 0 Å². The van der Waals surface area contributed by atoms with E-state index in [4.69, 9.17) is 24.4 Å². The zero-order valence-corrected chi connectivity index (χ0v) is 42.7. The van der Waals surface area contributed by atoms with E-state index in [1.807, 2.05) is 218 Å². The van der Waals surface area contributed by atoms with Gasteiger partial charge < -0.3 is 18.6 Å². The Morgan fingerprint density at radius 3 is 1.39 bits per heavy atom. The lowest BCUT2D eigenvalue weighted by atomic mass is 9.94. The van der Waals surface area contributed by atoms with Crippen molar-refractivity contribution < 1.29 is 19.1 Å². The molecule has 0 fully saturated rings. The molecular weight excluding hydrogens is 991 g/mol. The average molecular weight is 1030 g/mol. The van der Waals surface area contributed by atoms with Crippen LogP contribution in [0.1, 0.15) is 43.0 Å². The molecule has 80 heavy (non-hydrogen) atoms. The Bertz CT molecular complexity index is 4670. The Kier molecular flexibility index (Phi) is 12.5. The minimum atomic E-state index is -0.425. The number of nitriles is 2. The lowest BCUT2D eigenvalue weighted by Crippen LogP contribution is -2.05. The van der Waals surface area contributed by atoms with Crippen molar-refractivity contribution in [2.75, 3.05) is 0 Å². The first-order valence-electron chi connectivity index (χ1n) is 25.9. The molecule has 0 atom stereocenters. The first-order valence-corrected chi connectivity index (χ1v) is 25.9.